The van der Waals surface area contributed by atoms with Crippen LogP contribution in [0.4, 0.5) is 0 Å². The number of hydrogen-bond donors (Lipinski definition) is 1. The molecule has 0 saturated carbocycles. The fraction of sp³-hybridized carbons (Fsp3) is 0.429. The zero-order valence-corrected chi connectivity index (χ0v) is 15.5. The van der Waals surface area contributed by atoms with Gasteiger partial charge >= 0.3 is 0 Å². The van der Waals surface area contributed by atoms with Crippen LogP contribution in [0.5, 0.6) is 11.5 Å². The Morgan fingerprint density at radius 1 is 0.783 bits per heavy atom. The second-order valence-corrected chi connectivity index (χ2v) is 6.62. The minimum Gasteiger partial charge on any atom is -0.508 e. The van der Waals surface area contributed by atoms with Gasteiger partial charge in [0.2, 0.25) is 0 Å². The van der Waals surface area contributed by atoms with Gasteiger partial charge in [-0.2, -0.15) is 0 Å². The van der Waals surface area contributed by atoms with Crippen molar-refractivity contribution in [2.45, 2.75) is 53.4 Å². The first-order valence-electron chi connectivity index (χ1n) is 8.20. The second-order valence-electron chi connectivity index (χ2n) is 6.62. The Hall–Kier alpha value is -1.96. The Labute approximate surface area is 141 Å². The lowest BCUT2D eigenvalue weighted by Gasteiger charge is -2.11. The molecule has 126 valence electrons. The molecule has 23 heavy (non-hydrogen) atoms. The molecule has 0 radical (unpaired) electrons. The molecule has 2 nitrogen and oxygen atoms in total. The molecule has 0 fully saturated rings. The molecule has 1 N–H and O–H groups in total. The van der Waals surface area contributed by atoms with Crippen molar-refractivity contribution in [1.29, 1.82) is 0 Å². The van der Waals surface area contributed by atoms with Crippen LogP contribution in [0.1, 0.15) is 61.8 Å². The maximum absolute atomic E-state index is 9.46. The van der Waals surface area contributed by atoms with Crippen molar-refractivity contribution in [3.63, 3.8) is 0 Å². The predicted molar refractivity (Wildman–Crippen MR) is 98.8 cm³/mol. The van der Waals surface area contributed by atoms with E-state index in [1.54, 1.807) is 13.2 Å². The zero-order chi connectivity index (χ0) is 17.6. The Balaban J connectivity index is 0.000000231. The van der Waals surface area contributed by atoms with Crippen molar-refractivity contribution in [3.8, 4) is 11.5 Å². The summed E-state index contributed by atoms with van der Waals surface area (Å²) in [6.07, 6.45) is 0. The Morgan fingerprint density at radius 3 is 1.70 bits per heavy atom. The maximum Gasteiger partial charge on any atom is 0.122 e. The molecule has 0 saturated heterocycles. The van der Waals surface area contributed by atoms with Crippen molar-refractivity contribution in [3.05, 3.63) is 58.7 Å². The molecule has 2 aromatic carbocycles. The van der Waals surface area contributed by atoms with E-state index < -0.39 is 0 Å². The third-order valence-corrected chi connectivity index (χ3v) is 3.82. The third kappa shape index (κ3) is 5.63. The van der Waals surface area contributed by atoms with Crippen LogP contribution < -0.4 is 4.74 Å². The van der Waals surface area contributed by atoms with Crippen LogP contribution >= 0.6 is 0 Å². The smallest absolute Gasteiger partial charge is 0.122 e. The quantitative estimate of drug-likeness (QED) is 0.758. The first-order valence-corrected chi connectivity index (χ1v) is 8.20. The van der Waals surface area contributed by atoms with Gasteiger partial charge in [-0.1, -0.05) is 52.0 Å². The van der Waals surface area contributed by atoms with E-state index in [-0.39, 0.29) is 0 Å². The van der Waals surface area contributed by atoms with Crippen LogP contribution in [0.2, 0.25) is 0 Å². The summed E-state index contributed by atoms with van der Waals surface area (Å²) in [5, 5.41) is 9.46. The molecule has 0 bridgehead atoms. The average Bonchev–Trinajstić information content (AvgIpc) is 2.46. The van der Waals surface area contributed by atoms with Gasteiger partial charge < -0.3 is 9.84 Å². The Kier molecular flexibility index (Phi) is 7.15. The van der Waals surface area contributed by atoms with E-state index in [4.69, 9.17) is 4.74 Å². The molecule has 2 aromatic rings. The molecule has 2 rings (SSSR count). The average molecular weight is 314 g/mol. The van der Waals surface area contributed by atoms with Gasteiger partial charge in [0, 0.05) is 0 Å². The fourth-order valence-corrected chi connectivity index (χ4v) is 2.44. The van der Waals surface area contributed by atoms with Crippen LogP contribution in [0.25, 0.3) is 0 Å². The van der Waals surface area contributed by atoms with E-state index >= 15 is 0 Å². The molecule has 2 heteroatoms. The molecule has 0 aliphatic heterocycles. The summed E-state index contributed by atoms with van der Waals surface area (Å²) in [6.45, 7) is 12.5. The fourth-order valence-electron chi connectivity index (χ4n) is 2.44. The van der Waals surface area contributed by atoms with E-state index in [9.17, 15) is 5.11 Å². The highest BCUT2D eigenvalue weighted by molar-refractivity contribution is 5.39. The summed E-state index contributed by atoms with van der Waals surface area (Å²) in [5.74, 6) is 2.35. The van der Waals surface area contributed by atoms with Crippen LogP contribution in [-0.2, 0) is 0 Å². The van der Waals surface area contributed by atoms with Gasteiger partial charge in [-0.3, -0.25) is 0 Å². The van der Waals surface area contributed by atoms with Gasteiger partial charge in [0.25, 0.3) is 0 Å². The molecular weight excluding hydrogens is 284 g/mol. The van der Waals surface area contributed by atoms with Gasteiger partial charge in [0.1, 0.15) is 11.5 Å². The third-order valence-electron chi connectivity index (χ3n) is 3.82. The number of benzene rings is 2. The van der Waals surface area contributed by atoms with E-state index in [0.29, 0.717) is 17.6 Å². The summed E-state index contributed by atoms with van der Waals surface area (Å²) >= 11 is 0. The molecule has 0 aliphatic rings. The van der Waals surface area contributed by atoms with E-state index in [1.807, 2.05) is 19.1 Å². The molecule has 0 aliphatic carbocycles. The lowest BCUT2D eigenvalue weighted by atomic mass is 10.0. The lowest BCUT2D eigenvalue weighted by molar-refractivity contribution is 0.407. The number of rotatable bonds is 3. The van der Waals surface area contributed by atoms with Crippen molar-refractivity contribution in [2.75, 3.05) is 7.11 Å². The normalized spacial score (nSPS) is 10.5. The molecule has 0 amide bonds. The van der Waals surface area contributed by atoms with Gasteiger partial charge in [-0.15, -0.1) is 0 Å². The van der Waals surface area contributed by atoms with Gasteiger partial charge in [0.15, 0.2) is 0 Å². The second kappa shape index (κ2) is 8.61. The van der Waals surface area contributed by atoms with Crippen molar-refractivity contribution >= 4 is 0 Å². The summed E-state index contributed by atoms with van der Waals surface area (Å²) in [7, 11) is 1.72. The summed E-state index contributed by atoms with van der Waals surface area (Å²) < 4.78 is 5.29. The zero-order valence-electron chi connectivity index (χ0n) is 15.5. The molecule has 0 heterocycles. The van der Waals surface area contributed by atoms with E-state index in [1.165, 1.54) is 11.1 Å². The first kappa shape index (κ1) is 19.1. The Morgan fingerprint density at radius 2 is 1.26 bits per heavy atom. The van der Waals surface area contributed by atoms with Crippen LogP contribution in [0.15, 0.2) is 36.4 Å². The monoisotopic (exact) mass is 314 g/mol. The standard InChI is InChI=1S/C11H16O.C10H14O/c1-8(2)10-6-5-9(3)7-11(10)12-4;1-7(2)9-5-4-8(3)6-10(9)11/h5-8H,1-4H3;4-7,11H,1-3H3. The highest BCUT2D eigenvalue weighted by atomic mass is 16.5. The van der Waals surface area contributed by atoms with Gasteiger partial charge in [-0.05, 0) is 60.1 Å². The number of aromatic hydroxyl groups is 1. The number of phenolic OH excluding ortho intramolecular Hbond substituents is 1. The van der Waals surface area contributed by atoms with Crippen molar-refractivity contribution < 1.29 is 9.84 Å². The molecule has 0 unspecified atom stereocenters. The van der Waals surface area contributed by atoms with Gasteiger partial charge in [0.05, 0.1) is 7.11 Å². The maximum atomic E-state index is 9.46. The summed E-state index contributed by atoms with van der Waals surface area (Å²) in [5.41, 5.74) is 4.65. The molecule has 0 aromatic heterocycles. The molecule has 0 atom stereocenters. The highest BCUT2D eigenvalue weighted by Gasteiger charge is 2.06. The molecular formula is C21H30O2. The lowest BCUT2D eigenvalue weighted by Crippen LogP contribution is -1.94. The van der Waals surface area contributed by atoms with Crippen LogP contribution in [-0.4, -0.2) is 12.2 Å². The van der Waals surface area contributed by atoms with Crippen LogP contribution in [0.3, 0.4) is 0 Å². The number of ether oxygens (including phenoxy) is 1. The number of aryl methyl sites for hydroxylation is 2. The largest absolute Gasteiger partial charge is 0.508 e. The van der Waals surface area contributed by atoms with Crippen molar-refractivity contribution in [1.82, 2.24) is 0 Å². The number of phenols is 1. The van der Waals surface area contributed by atoms with Crippen LogP contribution in [0, 0.1) is 13.8 Å². The van der Waals surface area contributed by atoms with E-state index in [0.717, 1.165) is 16.9 Å². The summed E-state index contributed by atoms with van der Waals surface area (Å²) in [4.78, 5) is 0. The molecule has 0 spiro atoms. The number of hydrogen-bond acceptors (Lipinski definition) is 2. The summed E-state index contributed by atoms with van der Waals surface area (Å²) in [6, 6.07) is 12.1. The topological polar surface area (TPSA) is 29.5 Å². The minimum absolute atomic E-state index is 0.399. The van der Waals surface area contributed by atoms with Crippen molar-refractivity contribution in [2.24, 2.45) is 0 Å². The SMILES string of the molecule is COc1cc(C)ccc1C(C)C.Cc1ccc(C(C)C)c(O)c1. The Bertz CT molecular complexity index is 628. The highest BCUT2D eigenvalue weighted by Crippen LogP contribution is 2.27. The number of methoxy groups -OCH3 is 1. The minimum atomic E-state index is 0.399. The van der Waals surface area contributed by atoms with E-state index in [2.05, 4.69) is 52.8 Å². The van der Waals surface area contributed by atoms with Gasteiger partial charge in [-0.25, -0.2) is 0 Å². The predicted octanol–water partition coefficient (Wildman–Crippen LogP) is 5.95. The first-order chi connectivity index (χ1) is 10.8.